The fourth-order valence-electron chi connectivity index (χ4n) is 4.48. The summed E-state index contributed by atoms with van der Waals surface area (Å²) in [4.78, 5) is 47.6. The van der Waals surface area contributed by atoms with Gasteiger partial charge in [-0.1, -0.05) is 24.3 Å². The van der Waals surface area contributed by atoms with E-state index in [4.69, 9.17) is 15.2 Å². The summed E-state index contributed by atoms with van der Waals surface area (Å²) in [6.45, 7) is 3.00. The van der Waals surface area contributed by atoms with E-state index in [1.54, 1.807) is 13.8 Å². The predicted octanol–water partition coefficient (Wildman–Crippen LogP) is 3.23. The Morgan fingerprint density at radius 1 is 0.944 bits per heavy atom. The van der Waals surface area contributed by atoms with Crippen molar-refractivity contribution in [1.29, 1.82) is 5.26 Å². The van der Waals surface area contributed by atoms with E-state index in [1.807, 2.05) is 6.07 Å². The maximum absolute atomic E-state index is 13.3. The van der Waals surface area contributed by atoms with Crippen molar-refractivity contribution >= 4 is 23.3 Å². The zero-order valence-corrected chi connectivity index (χ0v) is 19.4. The van der Waals surface area contributed by atoms with Crippen molar-refractivity contribution in [2.75, 3.05) is 13.2 Å². The summed E-state index contributed by atoms with van der Waals surface area (Å²) in [6.07, 6.45) is 0. The van der Waals surface area contributed by atoms with Crippen molar-refractivity contribution in [1.82, 2.24) is 0 Å². The van der Waals surface area contributed by atoms with E-state index >= 15 is 0 Å². The van der Waals surface area contributed by atoms with Crippen LogP contribution in [0.5, 0.6) is 0 Å². The fourth-order valence-corrected chi connectivity index (χ4v) is 4.48. The molecule has 3 atom stereocenters. The average Bonchev–Trinajstić information content (AvgIpc) is 3.13. The standard InChI is InChI=1S/C24H22N4O8/c1-3-35-22(29)19-18(14-5-9-16(10-6-14)27(31)32)20(15-7-11-17(12-8-15)28(33)34)24(13-25,21(19)26)23(30)36-4-2/h5-12,18,20H,3-4,26H2,1-2H3/t18-,20+,24-/m0/s1. The molecule has 0 radical (unpaired) electrons. The smallest absolute Gasteiger partial charge is 0.336 e. The Bertz CT molecular complexity index is 1280. The third-order valence-corrected chi connectivity index (χ3v) is 6.02. The van der Waals surface area contributed by atoms with Crippen molar-refractivity contribution in [2.45, 2.75) is 25.7 Å². The van der Waals surface area contributed by atoms with Gasteiger partial charge in [0.25, 0.3) is 11.4 Å². The molecule has 0 amide bonds. The number of rotatable bonds is 8. The maximum atomic E-state index is 13.3. The van der Waals surface area contributed by atoms with E-state index in [0.29, 0.717) is 11.1 Å². The molecule has 2 aromatic carbocycles. The molecule has 0 spiro atoms. The monoisotopic (exact) mass is 494 g/mol. The molecular formula is C24H22N4O8. The van der Waals surface area contributed by atoms with E-state index in [2.05, 4.69) is 0 Å². The van der Waals surface area contributed by atoms with Gasteiger partial charge in [-0.25, -0.2) is 9.59 Å². The third-order valence-electron chi connectivity index (χ3n) is 6.02. The number of nitrogens with zero attached hydrogens (tertiary/aromatic N) is 3. The number of benzene rings is 2. The minimum absolute atomic E-state index is 0.0241. The van der Waals surface area contributed by atoms with Gasteiger partial charge in [-0.2, -0.15) is 5.26 Å². The quantitative estimate of drug-likeness (QED) is 0.324. The van der Waals surface area contributed by atoms with Gasteiger partial charge in [0.05, 0.1) is 40.4 Å². The number of nitro benzene ring substituents is 2. The molecule has 2 aromatic rings. The summed E-state index contributed by atoms with van der Waals surface area (Å²) >= 11 is 0. The lowest BCUT2D eigenvalue weighted by atomic mass is 9.68. The normalized spacial score (nSPS) is 20.9. The van der Waals surface area contributed by atoms with Crippen LogP contribution in [0.25, 0.3) is 0 Å². The number of carbonyl (C=O) groups is 2. The van der Waals surface area contributed by atoms with Crippen LogP contribution in [-0.2, 0) is 19.1 Å². The first-order valence-electron chi connectivity index (χ1n) is 10.9. The summed E-state index contributed by atoms with van der Waals surface area (Å²) in [7, 11) is 0. The zero-order chi connectivity index (χ0) is 26.6. The Hall–Kier alpha value is -4.79. The highest BCUT2D eigenvalue weighted by molar-refractivity contribution is 5.98. The lowest BCUT2D eigenvalue weighted by Gasteiger charge is -2.31. The Kier molecular flexibility index (Phi) is 7.33. The molecular weight excluding hydrogens is 472 g/mol. The second-order valence-electron chi connectivity index (χ2n) is 7.84. The number of non-ortho nitro benzene ring substituents is 2. The van der Waals surface area contributed by atoms with Gasteiger partial charge >= 0.3 is 11.9 Å². The molecule has 0 aromatic heterocycles. The van der Waals surface area contributed by atoms with Crippen molar-refractivity contribution in [3.8, 4) is 6.07 Å². The number of nitro groups is 2. The molecule has 12 heteroatoms. The van der Waals surface area contributed by atoms with Crippen LogP contribution in [0.15, 0.2) is 59.8 Å². The summed E-state index contributed by atoms with van der Waals surface area (Å²) in [5.41, 5.74) is 3.87. The van der Waals surface area contributed by atoms with Gasteiger partial charge in [0.15, 0.2) is 0 Å². The number of ether oxygens (including phenoxy) is 2. The molecule has 0 heterocycles. The second kappa shape index (κ2) is 10.2. The van der Waals surface area contributed by atoms with Crippen LogP contribution < -0.4 is 5.73 Å². The van der Waals surface area contributed by atoms with Crippen LogP contribution in [0, 0.1) is 37.0 Å². The number of carbonyl (C=O) groups excluding carboxylic acids is 2. The molecule has 0 fully saturated rings. The number of nitriles is 1. The molecule has 1 aliphatic rings. The SMILES string of the molecule is CCOC(=O)C1=C(N)[C@@](C#N)(C(=O)OCC)[C@H](c2ccc([N+](=O)[O-])cc2)[C@H]1c1ccc([N+](=O)[O-])cc1. The molecule has 186 valence electrons. The minimum Gasteiger partial charge on any atom is -0.464 e. The number of hydrogen-bond acceptors (Lipinski definition) is 10. The van der Waals surface area contributed by atoms with Crippen molar-refractivity contribution in [3.63, 3.8) is 0 Å². The van der Waals surface area contributed by atoms with Gasteiger partial charge in [0, 0.05) is 36.1 Å². The Labute approximate surface area is 205 Å². The largest absolute Gasteiger partial charge is 0.464 e. The fraction of sp³-hybridized carbons (Fsp3) is 0.292. The van der Waals surface area contributed by atoms with Crippen LogP contribution in [0.1, 0.15) is 36.8 Å². The summed E-state index contributed by atoms with van der Waals surface area (Å²) in [6, 6.07) is 12.3. The van der Waals surface area contributed by atoms with Crippen molar-refractivity contribution in [2.24, 2.45) is 11.1 Å². The van der Waals surface area contributed by atoms with E-state index in [1.165, 1.54) is 48.5 Å². The minimum atomic E-state index is -2.18. The van der Waals surface area contributed by atoms with Crippen molar-refractivity contribution < 1.29 is 28.9 Å². The number of esters is 2. The highest BCUT2D eigenvalue weighted by Gasteiger charge is 2.62. The van der Waals surface area contributed by atoms with E-state index < -0.39 is 39.0 Å². The third kappa shape index (κ3) is 4.22. The first-order valence-corrected chi connectivity index (χ1v) is 10.9. The van der Waals surface area contributed by atoms with E-state index in [-0.39, 0.29) is 35.9 Å². The Morgan fingerprint density at radius 3 is 1.83 bits per heavy atom. The lowest BCUT2D eigenvalue weighted by molar-refractivity contribution is -0.385. The van der Waals surface area contributed by atoms with Gasteiger partial charge < -0.3 is 15.2 Å². The van der Waals surface area contributed by atoms with Gasteiger partial charge in [-0.05, 0) is 25.0 Å². The average molecular weight is 494 g/mol. The van der Waals surface area contributed by atoms with Crippen LogP contribution in [0.3, 0.4) is 0 Å². The zero-order valence-electron chi connectivity index (χ0n) is 19.4. The van der Waals surface area contributed by atoms with Crippen LogP contribution in [-0.4, -0.2) is 35.0 Å². The highest BCUT2D eigenvalue weighted by Crippen LogP contribution is 2.59. The molecule has 0 unspecified atom stereocenters. The maximum Gasteiger partial charge on any atom is 0.336 e. The van der Waals surface area contributed by atoms with E-state index in [0.717, 1.165) is 0 Å². The van der Waals surface area contributed by atoms with Gasteiger partial charge in [0.2, 0.25) is 5.41 Å². The number of hydrogen-bond donors (Lipinski definition) is 1. The molecule has 0 saturated carbocycles. The van der Waals surface area contributed by atoms with Crippen molar-refractivity contribution in [3.05, 3.63) is 91.2 Å². The Morgan fingerprint density at radius 2 is 1.42 bits per heavy atom. The molecule has 0 saturated heterocycles. The first-order chi connectivity index (χ1) is 17.1. The second-order valence-corrected chi connectivity index (χ2v) is 7.84. The first kappa shape index (κ1) is 25.8. The molecule has 1 aliphatic carbocycles. The summed E-state index contributed by atoms with van der Waals surface area (Å²) in [5.74, 6) is -4.09. The molecule has 0 bridgehead atoms. The molecule has 2 N–H and O–H groups in total. The van der Waals surface area contributed by atoms with Crippen LogP contribution >= 0.6 is 0 Å². The molecule has 0 aliphatic heterocycles. The highest BCUT2D eigenvalue weighted by atomic mass is 16.6. The van der Waals surface area contributed by atoms with Crippen LogP contribution in [0.2, 0.25) is 0 Å². The topological polar surface area (TPSA) is 189 Å². The molecule has 36 heavy (non-hydrogen) atoms. The van der Waals surface area contributed by atoms with Gasteiger partial charge in [-0.15, -0.1) is 0 Å². The predicted molar refractivity (Wildman–Crippen MR) is 124 cm³/mol. The summed E-state index contributed by atoms with van der Waals surface area (Å²) < 4.78 is 10.4. The number of nitrogens with two attached hydrogens (primary N) is 1. The molecule has 3 rings (SSSR count). The van der Waals surface area contributed by atoms with E-state index in [9.17, 15) is 35.1 Å². The van der Waals surface area contributed by atoms with Gasteiger partial charge in [0.1, 0.15) is 0 Å². The van der Waals surface area contributed by atoms with Gasteiger partial charge in [-0.3, -0.25) is 20.2 Å². The van der Waals surface area contributed by atoms with Crippen LogP contribution in [0.4, 0.5) is 11.4 Å². The lowest BCUT2D eigenvalue weighted by Crippen LogP contribution is -2.40. The summed E-state index contributed by atoms with van der Waals surface area (Å²) in [5, 5.41) is 32.7. The Balaban J connectivity index is 2.35. The molecule has 12 nitrogen and oxygen atoms in total.